The normalized spacial score (nSPS) is 15.5. The molecule has 3 rings (SSSR count). The summed E-state index contributed by atoms with van der Waals surface area (Å²) in [6.45, 7) is 10.1. The topological polar surface area (TPSA) is 44.8 Å². The van der Waals surface area contributed by atoms with Crippen LogP contribution in [-0.4, -0.2) is 50.2 Å². The van der Waals surface area contributed by atoms with Crippen molar-refractivity contribution in [3.8, 4) is 0 Å². The smallest absolute Gasteiger partial charge is 0.241 e. The molecular weight excluding hydrogens is 350 g/mol. The largest absolute Gasteiger partial charge is 0.378 e. The summed E-state index contributed by atoms with van der Waals surface area (Å²) in [6.07, 6.45) is 0. The molecular formula is C23H31N3O2. The molecule has 1 fully saturated rings. The van der Waals surface area contributed by atoms with Crippen LogP contribution in [0.1, 0.15) is 23.6 Å². The van der Waals surface area contributed by atoms with Gasteiger partial charge in [0.15, 0.2) is 0 Å². The van der Waals surface area contributed by atoms with Crippen LogP contribution in [0.25, 0.3) is 0 Å². The van der Waals surface area contributed by atoms with Crippen molar-refractivity contribution in [3.05, 3.63) is 59.2 Å². The fraction of sp³-hybridized carbons (Fsp3) is 0.435. The first-order chi connectivity index (χ1) is 13.5. The van der Waals surface area contributed by atoms with Crippen LogP contribution in [0, 0.1) is 13.8 Å². The lowest BCUT2D eigenvalue weighted by Crippen LogP contribution is -2.40. The van der Waals surface area contributed by atoms with Gasteiger partial charge in [-0.1, -0.05) is 30.3 Å². The van der Waals surface area contributed by atoms with Crippen LogP contribution in [-0.2, 0) is 16.1 Å². The van der Waals surface area contributed by atoms with E-state index < -0.39 is 0 Å². The quantitative estimate of drug-likeness (QED) is 0.830. The molecule has 0 aliphatic carbocycles. The predicted molar refractivity (Wildman–Crippen MR) is 115 cm³/mol. The van der Waals surface area contributed by atoms with Crippen LogP contribution < -0.4 is 10.2 Å². The number of carbonyl (C=O) groups is 1. The number of para-hydroxylation sites is 1. The lowest BCUT2D eigenvalue weighted by molar-refractivity contribution is -0.120. The molecule has 1 aliphatic rings. The van der Waals surface area contributed by atoms with Crippen molar-refractivity contribution in [2.45, 2.75) is 33.4 Å². The van der Waals surface area contributed by atoms with Crippen LogP contribution in [0.15, 0.2) is 42.5 Å². The van der Waals surface area contributed by atoms with E-state index in [2.05, 4.69) is 45.4 Å². The Balaban J connectivity index is 1.68. The van der Waals surface area contributed by atoms with Crippen molar-refractivity contribution in [1.29, 1.82) is 0 Å². The number of hydrogen-bond donors (Lipinski definition) is 1. The summed E-state index contributed by atoms with van der Waals surface area (Å²) >= 11 is 0. The molecule has 1 saturated heterocycles. The number of amides is 1. The number of carbonyl (C=O) groups excluding carboxylic acids is 1. The number of rotatable bonds is 6. The first kappa shape index (κ1) is 20.4. The molecule has 28 heavy (non-hydrogen) atoms. The number of nitrogens with zero attached hydrogens (tertiary/aromatic N) is 2. The molecule has 0 bridgehead atoms. The van der Waals surface area contributed by atoms with Crippen LogP contribution in [0.2, 0.25) is 0 Å². The molecule has 1 unspecified atom stereocenters. The van der Waals surface area contributed by atoms with Crippen molar-refractivity contribution in [1.82, 2.24) is 4.90 Å². The Labute approximate surface area is 168 Å². The van der Waals surface area contributed by atoms with E-state index >= 15 is 0 Å². The fourth-order valence-electron chi connectivity index (χ4n) is 3.47. The summed E-state index contributed by atoms with van der Waals surface area (Å²) in [7, 11) is 2.00. The second-order valence-corrected chi connectivity index (χ2v) is 7.63. The third kappa shape index (κ3) is 4.91. The molecule has 0 radical (unpaired) electrons. The molecule has 0 aromatic heterocycles. The highest BCUT2D eigenvalue weighted by molar-refractivity contribution is 5.95. The van der Waals surface area contributed by atoms with Crippen LogP contribution in [0.5, 0.6) is 0 Å². The maximum Gasteiger partial charge on any atom is 0.241 e. The molecule has 5 nitrogen and oxygen atoms in total. The van der Waals surface area contributed by atoms with Crippen LogP contribution >= 0.6 is 0 Å². The first-order valence-corrected chi connectivity index (χ1v) is 9.94. The summed E-state index contributed by atoms with van der Waals surface area (Å²) < 4.78 is 5.48. The van der Waals surface area contributed by atoms with E-state index in [-0.39, 0.29) is 11.9 Å². The number of nitrogens with one attached hydrogen (secondary N) is 1. The zero-order chi connectivity index (χ0) is 20.1. The van der Waals surface area contributed by atoms with Gasteiger partial charge in [0.25, 0.3) is 0 Å². The van der Waals surface area contributed by atoms with Gasteiger partial charge < -0.3 is 15.0 Å². The number of morpholine rings is 1. The zero-order valence-corrected chi connectivity index (χ0v) is 17.4. The minimum absolute atomic E-state index is 0.0139. The van der Waals surface area contributed by atoms with E-state index in [1.807, 2.05) is 40.0 Å². The third-order valence-corrected chi connectivity index (χ3v) is 5.45. The highest BCUT2D eigenvalue weighted by atomic mass is 16.5. The molecule has 150 valence electrons. The molecule has 2 aromatic rings. The van der Waals surface area contributed by atoms with Crippen LogP contribution in [0.4, 0.5) is 11.4 Å². The van der Waals surface area contributed by atoms with Gasteiger partial charge in [0.05, 0.1) is 19.3 Å². The fourth-order valence-corrected chi connectivity index (χ4v) is 3.47. The van der Waals surface area contributed by atoms with Gasteiger partial charge in [-0.05, 0) is 56.6 Å². The Hall–Kier alpha value is -2.37. The molecule has 2 aromatic carbocycles. The van der Waals surface area contributed by atoms with E-state index in [1.165, 1.54) is 11.3 Å². The number of ether oxygens (including phenoxy) is 1. The maximum atomic E-state index is 12.8. The minimum Gasteiger partial charge on any atom is -0.378 e. The van der Waals surface area contributed by atoms with E-state index in [1.54, 1.807) is 0 Å². The van der Waals surface area contributed by atoms with Crippen molar-refractivity contribution >= 4 is 17.3 Å². The van der Waals surface area contributed by atoms with Gasteiger partial charge in [0.1, 0.15) is 0 Å². The predicted octanol–water partition coefficient (Wildman–Crippen LogP) is 3.60. The van der Waals surface area contributed by atoms with Crippen molar-refractivity contribution in [2.24, 2.45) is 0 Å². The average molecular weight is 382 g/mol. The Kier molecular flexibility index (Phi) is 6.70. The molecule has 0 spiro atoms. The zero-order valence-electron chi connectivity index (χ0n) is 17.4. The minimum atomic E-state index is -0.238. The molecule has 1 amide bonds. The Bertz CT molecular complexity index is 815. The van der Waals surface area contributed by atoms with Crippen molar-refractivity contribution in [3.63, 3.8) is 0 Å². The van der Waals surface area contributed by atoms with Gasteiger partial charge in [-0.25, -0.2) is 0 Å². The summed E-state index contributed by atoms with van der Waals surface area (Å²) in [4.78, 5) is 17.3. The Morgan fingerprint density at radius 2 is 1.89 bits per heavy atom. The molecule has 1 N–H and O–H groups in total. The van der Waals surface area contributed by atoms with Gasteiger partial charge in [-0.2, -0.15) is 0 Å². The number of benzene rings is 2. The second-order valence-electron chi connectivity index (χ2n) is 7.63. The molecule has 5 heteroatoms. The molecule has 0 saturated carbocycles. The van der Waals surface area contributed by atoms with Crippen LogP contribution in [0.3, 0.4) is 0 Å². The number of aryl methyl sites for hydroxylation is 2. The first-order valence-electron chi connectivity index (χ1n) is 9.94. The lowest BCUT2D eigenvalue weighted by Gasteiger charge is -2.32. The molecule has 1 aliphatic heterocycles. The summed E-state index contributed by atoms with van der Waals surface area (Å²) in [5.74, 6) is 0.0139. The lowest BCUT2D eigenvalue weighted by atomic mass is 10.1. The van der Waals surface area contributed by atoms with Gasteiger partial charge in [-0.3, -0.25) is 9.69 Å². The molecule has 1 heterocycles. The molecule has 1 atom stereocenters. The average Bonchev–Trinajstić information content (AvgIpc) is 2.71. The monoisotopic (exact) mass is 381 g/mol. The van der Waals surface area contributed by atoms with E-state index in [0.29, 0.717) is 0 Å². The SMILES string of the molecule is Cc1ccc(C)c(NC(=O)C(C)N(C)Cc2ccccc2N2CCOCC2)c1. The van der Waals surface area contributed by atoms with E-state index in [4.69, 9.17) is 4.74 Å². The van der Waals surface area contributed by atoms with Gasteiger partial charge in [-0.15, -0.1) is 0 Å². The number of anilines is 2. The van der Waals surface area contributed by atoms with Crippen molar-refractivity contribution < 1.29 is 9.53 Å². The standard InChI is InChI=1S/C23H31N3O2/c1-17-9-10-18(2)21(15-17)24-23(27)19(3)25(4)16-20-7-5-6-8-22(20)26-11-13-28-14-12-26/h5-10,15,19H,11-14,16H2,1-4H3,(H,24,27). The highest BCUT2D eigenvalue weighted by Gasteiger charge is 2.21. The van der Waals surface area contributed by atoms with E-state index in [9.17, 15) is 4.79 Å². The Morgan fingerprint density at radius 3 is 2.64 bits per heavy atom. The van der Waals surface area contributed by atoms with Crippen molar-refractivity contribution in [2.75, 3.05) is 43.6 Å². The summed E-state index contributed by atoms with van der Waals surface area (Å²) in [5, 5.41) is 3.09. The summed E-state index contributed by atoms with van der Waals surface area (Å²) in [5.41, 5.74) is 5.57. The number of likely N-dealkylation sites (N-methyl/N-ethyl adjacent to an activating group) is 1. The maximum absolute atomic E-state index is 12.8. The van der Waals surface area contributed by atoms with Gasteiger partial charge in [0, 0.05) is 31.0 Å². The van der Waals surface area contributed by atoms with Gasteiger partial charge >= 0.3 is 0 Å². The second kappa shape index (κ2) is 9.22. The van der Waals surface area contributed by atoms with E-state index in [0.717, 1.165) is 49.7 Å². The van der Waals surface area contributed by atoms with Gasteiger partial charge in [0.2, 0.25) is 5.91 Å². The highest BCUT2D eigenvalue weighted by Crippen LogP contribution is 2.24. The Morgan fingerprint density at radius 1 is 1.18 bits per heavy atom. The summed E-state index contributed by atoms with van der Waals surface area (Å²) in [6, 6.07) is 14.3. The third-order valence-electron chi connectivity index (χ3n) is 5.45. The number of hydrogen-bond acceptors (Lipinski definition) is 4.